The molecule has 1 rings (SSSR count). The molecule has 0 aliphatic rings. The molecule has 0 saturated heterocycles. The maximum atomic E-state index is 11.7. The Balaban J connectivity index is 2.79. The number of nitrogens with two attached hydrogens (primary N) is 1. The van der Waals surface area contributed by atoms with Crippen LogP contribution in [0.5, 0.6) is 0 Å². The number of carbonyl (C=O) groups is 1. The molecule has 1 aromatic rings. The van der Waals surface area contributed by atoms with Crippen molar-refractivity contribution < 1.29 is 13.2 Å². The van der Waals surface area contributed by atoms with Gasteiger partial charge in [0.05, 0.1) is 4.99 Å². The average Bonchev–Trinajstić information content (AvgIpc) is 2.15. The second kappa shape index (κ2) is 5.37. The molecule has 6 heteroatoms. The van der Waals surface area contributed by atoms with E-state index in [1.54, 1.807) is 24.3 Å². The summed E-state index contributed by atoms with van der Waals surface area (Å²) < 4.78 is 23.0. The monoisotopic (exact) mass is 271 g/mol. The van der Waals surface area contributed by atoms with Gasteiger partial charge in [-0.05, 0) is 6.92 Å². The van der Waals surface area contributed by atoms with Crippen molar-refractivity contribution in [2.75, 3.05) is 11.5 Å². The number of carbonyl (C=O) groups excluding carboxylic acids is 1. The molecule has 2 N–H and O–H groups in total. The molecule has 0 amide bonds. The zero-order valence-corrected chi connectivity index (χ0v) is 11.0. The van der Waals surface area contributed by atoms with Crippen LogP contribution < -0.4 is 5.73 Å². The number of Topliss-reactive ketones (excluding diaryl/α,β-unsaturated/α-hetero) is 1. The molecule has 1 aromatic carbocycles. The Morgan fingerprint density at radius 3 is 2.24 bits per heavy atom. The number of thiocarbonyl (C=S) groups is 1. The third-order valence-electron chi connectivity index (χ3n) is 2.09. The quantitative estimate of drug-likeness (QED) is 0.635. The van der Waals surface area contributed by atoms with Gasteiger partial charge < -0.3 is 5.73 Å². The molecule has 0 atom stereocenters. The van der Waals surface area contributed by atoms with Crippen LogP contribution in [-0.2, 0) is 9.84 Å². The molecule has 0 unspecified atom stereocenters. The van der Waals surface area contributed by atoms with Gasteiger partial charge in [0.2, 0.25) is 0 Å². The summed E-state index contributed by atoms with van der Waals surface area (Å²) in [5.41, 5.74) is 6.54. The van der Waals surface area contributed by atoms with Crippen molar-refractivity contribution in [1.82, 2.24) is 0 Å². The van der Waals surface area contributed by atoms with E-state index in [1.807, 2.05) is 6.92 Å². The van der Waals surface area contributed by atoms with Gasteiger partial charge >= 0.3 is 0 Å². The van der Waals surface area contributed by atoms with Gasteiger partial charge in [0, 0.05) is 5.56 Å². The molecule has 0 fully saturated rings. The van der Waals surface area contributed by atoms with E-state index in [4.69, 9.17) is 5.73 Å². The van der Waals surface area contributed by atoms with Crippen molar-refractivity contribution in [1.29, 1.82) is 0 Å². The van der Waals surface area contributed by atoms with Crippen molar-refractivity contribution in [3.63, 3.8) is 0 Å². The maximum Gasteiger partial charge on any atom is 0.177 e. The van der Waals surface area contributed by atoms with Crippen LogP contribution in [0.2, 0.25) is 0 Å². The van der Waals surface area contributed by atoms with Crippen LogP contribution in [0.25, 0.3) is 0 Å². The summed E-state index contributed by atoms with van der Waals surface area (Å²) in [5, 5.41) is 0. The first-order valence-corrected chi connectivity index (χ1v) is 7.12. The van der Waals surface area contributed by atoms with E-state index in [0.29, 0.717) is 5.56 Å². The zero-order valence-electron chi connectivity index (χ0n) is 9.34. The topological polar surface area (TPSA) is 77.2 Å². The third kappa shape index (κ3) is 4.62. The van der Waals surface area contributed by atoms with Crippen molar-refractivity contribution in [3.8, 4) is 0 Å². The van der Waals surface area contributed by atoms with Crippen molar-refractivity contribution in [2.24, 2.45) is 5.73 Å². The molecule has 0 heterocycles. The van der Waals surface area contributed by atoms with Crippen molar-refractivity contribution in [3.05, 3.63) is 35.4 Å². The molecule has 0 bridgehead atoms. The number of rotatable bonds is 5. The van der Waals surface area contributed by atoms with E-state index in [1.165, 1.54) is 0 Å². The van der Waals surface area contributed by atoms with Crippen LogP contribution in [0, 0.1) is 6.92 Å². The number of sulfone groups is 1. The molecule has 92 valence electrons. The number of hydrogen-bond donors (Lipinski definition) is 1. The summed E-state index contributed by atoms with van der Waals surface area (Å²) in [7, 11) is -3.55. The lowest BCUT2D eigenvalue weighted by atomic mass is 10.1. The summed E-state index contributed by atoms with van der Waals surface area (Å²) >= 11 is 4.52. The van der Waals surface area contributed by atoms with Gasteiger partial charge in [-0.2, -0.15) is 0 Å². The largest absolute Gasteiger partial charge is 0.392 e. The molecule has 0 aliphatic carbocycles. The zero-order chi connectivity index (χ0) is 13.1. The Bertz CT molecular complexity index is 532. The molecule has 0 saturated carbocycles. The average molecular weight is 271 g/mol. The summed E-state index contributed by atoms with van der Waals surface area (Å²) in [6.07, 6.45) is 0. The maximum absolute atomic E-state index is 11.7. The molecule has 0 aliphatic heterocycles. The standard InChI is InChI=1S/C11H13NO3S2/c1-8-2-4-9(5-3-8)10(13)6-17(14,15)7-11(12)16/h2-5H,6-7H2,1H3,(H2,12,16). The smallest absolute Gasteiger partial charge is 0.177 e. The predicted octanol–water partition coefficient (Wildman–Crippen LogP) is 0.879. The Morgan fingerprint density at radius 2 is 1.76 bits per heavy atom. The lowest BCUT2D eigenvalue weighted by Gasteiger charge is -2.03. The van der Waals surface area contributed by atoms with Gasteiger partial charge in [-0.25, -0.2) is 8.42 Å². The molecular formula is C11H13NO3S2. The highest BCUT2D eigenvalue weighted by Crippen LogP contribution is 2.06. The molecular weight excluding hydrogens is 258 g/mol. The summed E-state index contributed by atoms with van der Waals surface area (Å²) in [5.74, 6) is -1.44. The molecule has 4 nitrogen and oxygen atoms in total. The molecule has 0 radical (unpaired) electrons. The van der Waals surface area contributed by atoms with Gasteiger partial charge in [-0.1, -0.05) is 42.0 Å². The summed E-state index contributed by atoms with van der Waals surface area (Å²) in [6, 6.07) is 6.72. The number of aryl methyl sites for hydroxylation is 1. The highest BCUT2D eigenvalue weighted by Gasteiger charge is 2.18. The lowest BCUT2D eigenvalue weighted by Crippen LogP contribution is -2.26. The van der Waals surface area contributed by atoms with Crippen LogP contribution in [0.4, 0.5) is 0 Å². The van der Waals surface area contributed by atoms with Crippen LogP contribution in [0.15, 0.2) is 24.3 Å². The van der Waals surface area contributed by atoms with E-state index in [0.717, 1.165) is 5.56 Å². The Kier molecular flexibility index (Phi) is 4.36. The summed E-state index contributed by atoms with van der Waals surface area (Å²) in [4.78, 5) is 11.6. The van der Waals surface area contributed by atoms with Crippen LogP contribution >= 0.6 is 12.2 Å². The fraction of sp³-hybridized carbons (Fsp3) is 0.273. The van der Waals surface area contributed by atoms with Gasteiger partial charge in [0.25, 0.3) is 0 Å². The number of ketones is 1. The van der Waals surface area contributed by atoms with Crippen LogP contribution in [-0.4, -0.2) is 30.7 Å². The van der Waals surface area contributed by atoms with E-state index < -0.39 is 27.1 Å². The highest BCUT2D eigenvalue weighted by atomic mass is 32.2. The van der Waals surface area contributed by atoms with Gasteiger partial charge in [0.15, 0.2) is 15.6 Å². The Morgan fingerprint density at radius 1 is 1.24 bits per heavy atom. The van der Waals surface area contributed by atoms with Gasteiger partial charge in [0.1, 0.15) is 11.5 Å². The van der Waals surface area contributed by atoms with E-state index >= 15 is 0 Å². The van der Waals surface area contributed by atoms with Crippen molar-refractivity contribution in [2.45, 2.75) is 6.92 Å². The third-order valence-corrected chi connectivity index (χ3v) is 3.87. The normalized spacial score (nSPS) is 11.1. The molecule has 17 heavy (non-hydrogen) atoms. The minimum Gasteiger partial charge on any atom is -0.392 e. The number of hydrogen-bond acceptors (Lipinski definition) is 4. The second-order valence-corrected chi connectivity index (χ2v) is 6.38. The van der Waals surface area contributed by atoms with Crippen molar-refractivity contribution >= 4 is 32.8 Å². The fourth-order valence-electron chi connectivity index (χ4n) is 1.29. The lowest BCUT2D eigenvalue weighted by molar-refractivity contribution is 0.102. The van der Waals surface area contributed by atoms with E-state index in [9.17, 15) is 13.2 Å². The van der Waals surface area contributed by atoms with Gasteiger partial charge in [-0.3, -0.25) is 4.79 Å². The van der Waals surface area contributed by atoms with E-state index in [-0.39, 0.29) is 4.99 Å². The fourth-order valence-corrected chi connectivity index (χ4v) is 2.93. The Hall–Kier alpha value is -1.27. The Labute approximate surface area is 106 Å². The predicted molar refractivity (Wildman–Crippen MR) is 70.9 cm³/mol. The first-order valence-electron chi connectivity index (χ1n) is 4.89. The minimum atomic E-state index is -3.55. The second-order valence-electron chi connectivity index (χ2n) is 3.79. The van der Waals surface area contributed by atoms with E-state index in [2.05, 4.69) is 12.2 Å². The first kappa shape index (κ1) is 13.8. The van der Waals surface area contributed by atoms with Crippen LogP contribution in [0.3, 0.4) is 0 Å². The van der Waals surface area contributed by atoms with Gasteiger partial charge in [-0.15, -0.1) is 0 Å². The SMILES string of the molecule is Cc1ccc(C(=O)CS(=O)(=O)CC(N)=S)cc1. The number of benzene rings is 1. The first-order chi connectivity index (χ1) is 7.80. The minimum absolute atomic E-state index is 0.123. The highest BCUT2D eigenvalue weighted by molar-refractivity contribution is 7.94. The summed E-state index contributed by atoms with van der Waals surface area (Å²) in [6.45, 7) is 1.89. The van der Waals surface area contributed by atoms with Crippen LogP contribution in [0.1, 0.15) is 15.9 Å². The molecule has 0 aromatic heterocycles. The molecule has 0 spiro atoms.